The molecule has 0 saturated carbocycles. The third kappa shape index (κ3) is 6.47. The van der Waals surface area contributed by atoms with Gasteiger partial charge in [0.15, 0.2) is 0 Å². The van der Waals surface area contributed by atoms with E-state index in [4.69, 9.17) is 11.6 Å². The number of rotatable bonds is 7. The summed E-state index contributed by atoms with van der Waals surface area (Å²) >= 11 is 6.15. The molecule has 2 aromatic carbocycles. The average Bonchev–Trinajstić information content (AvgIpc) is 2.60. The Labute approximate surface area is 185 Å². The molecule has 30 heavy (non-hydrogen) atoms. The quantitative estimate of drug-likeness (QED) is 0.632. The molecule has 5 nitrogen and oxygen atoms in total. The summed E-state index contributed by atoms with van der Waals surface area (Å²) in [6.07, 6.45) is 0.743. The van der Waals surface area contributed by atoms with Crippen molar-refractivity contribution in [1.82, 2.24) is 5.32 Å². The van der Waals surface area contributed by atoms with Gasteiger partial charge in [0, 0.05) is 10.6 Å². The van der Waals surface area contributed by atoms with Gasteiger partial charge in [-0.2, -0.15) is 0 Å². The molecule has 0 bridgehead atoms. The predicted octanol–water partition coefficient (Wildman–Crippen LogP) is 5.17. The number of carbonyl (C=O) groups is 1. The van der Waals surface area contributed by atoms with Crippen molar-refractivity contribution in [3.05, 3.63) is 59.1 Å². The highest BCUT2D eigenvalue weighted by Gasteiger charge is 2.31. The van der Waals surface area contributed by atoms with Crippen molar-refractivity contribution in [3.8, 4) is 0 Å². The maximum atomic E-state index is 13.4. The van der Waals surface area contributed by atoms with E-state index < -0.39 is 15.6 Å². The van der Waals surface area contributed by atoms with E-state index in [0.29, 0.717) is 16.3 Å². The molecule has 2 rings (SSSR count). The molecule has 1 N–H and O–H groups in total. The second-order valence-electron chi connectivity index (χ2n) is 9.43. The summed E-state index contributed by atoms with van der Waals surface area (Å²) in [7, 11) is -3.97. The van der Waals surface area contributed by atoms with Crippen LogP contribution in [0.1, 0.15) is 46.6 Å². The molecular weight excluding hydrogens is 420 g/mol. The van der Waals surface area contributed by atoms with Crippen LogP contribution in [0.2, 0.25) is 5.02 Å². The molecule has 0 saturated heterocycles. The molecule has 0 heterocycles. The van der Waals surface area contributed by atoms with Gasteiger partial charge in [-0.05, 0) is 62.4 Å². The van der Waals surface area contributed by atoms with Gasteiger partial charge in [-0.1, -0.05) is 56.6 Å². The Morgan fingerprint density at radius 3 is 2.20 bits per heavy atom. The van der Waals surface area contributed by atoms with Crippen LogP contribution in [-0.2, 0) is 14.8 Å². The smallest absolute Gasteiger partial charge is 0.264 e. The number of nitrogens with zero attached hydrogens (tertiary/aromatic N) is 1. The number of hydrogen-bond acceptors (Lipinski definition) is 3. The van der Waals surface area contributed by atoms with Gasteiger partial charge in [-0.25, -0.2) is 8.42 Å². The minimum Gasteiger partial charge on any atom is -0.350 e. The van der Waals surface area contributed by atoms with Gasteiger partial charge in [0.25, 0.3) is 10.0 Å². The van der Waals surface area contributed by atoms with Crippen LogP contribution in [0.15, 0.2) is 53.4 Å². The summed E-state index contributed by atoms with van der Waals surface area (Å²) in [5, 5.41) is 3.39. The predicted molar refractivity (Wildman–Crippen MR) is 123 cm³/mol. The van der Waals surface area contributed by atoms with Crippen molar-refractivity contribution in [1.29, 1.82) is 0 Å². The lowest BCUT2D eigenvalue weighted by Crippen LogP contribution is -2.50. The van der Waals surface area contributed by atoms with Gasteiger partial charge in [-0.15, -0.1) is 0 Å². The molecule has 164 valence electrons. The molecule has 0 fully saturated rings. The number of carbonyl (C=O) groups excluding carboxylic acids is 1. The molecule has 0 aliphatic carbocycles. The molecule has 7 heteroatoms. The lowest BCUT2D eigenvalue weighted by atomic mass is 9.82. The first-order valence-corrected chi connectivity index (χ1v) is 11.7. The van der Waals surface area contributed by atoms with E-state index in [0.717, 1.165) is 10.7 Å². The lowest BCUT2D eigenvalue weighted by molar-refractivity contribution is -0.121. The van der Waals surface area contributed by atoms with Crippen LogP contribution in [-0.4, -0.2) is 26.4 Å². The van der Waals surface area contributed by atoms with E-state index in [1.165, 1.54) is 12.1 Å². The van der Waals surface area contributed by atoms with E-state index in [2.05, 4.69) is 26.1 Å². The Balaban J connectivity index is 2.43. The summed E-state index contributed by atoms with van der Waals surface area (Å²) in [5.41, 5.74) is 0.618. The second kappa shape index (κ2) is 8.98. The first-order chi connectivity index (χ1) is 13.7. The maximum Gasteiger partial charge on any atom is 0.264 e. The van der Waals surface area contributed by atoms with Gasteiger partial charge < -0.3 is 5.32 Å². The van der Waals surface area contributed by atoms with Gasteiger partial charge in [0.1, 0.15) is 6.54 Å². The van der Waals surface area contributed by atoms with Crippen molar-refractivity contribution in [2.45, 2.75) is 58.4 Å². The van der Waals surface area contributed by atoms with Crippen LogP contribution in [0, 0.1) is 12.3 Å². The van der Waals surface area contributed by atoms with Gasteiger partial charge in [-0.3, -0.25) is 9.10 Å². The molecule has 0 unspecified atom stereocenters. The number of amides is 1. The summed E-state index contributed by atoms with van der Waals surface area (Å²) in [5.74, 6) is -0.372. The highest BCUT2D eigenvalue weighted by molar-refractivity contribution is 7.92. The summed E-state index contributed by atoms with van der Waals surface area (Å²) < 4.78 is 28.0. The Morgan fingerprint density at radius 2 is 1.63 bits per heavy atom. The standard InChI is InChI=1S/C23H31ClN2O3S/c1-17-12-13-18(24)14-20(17)26(30(28,29)19-10-8-7-9-11-19)15-21(27)25-23(5,6)16-22(2,3)4/h7-14H,15-16H2,1-6H3,(H,25,27). The van der Waals surface area contributed by atoms with Crippen LogP contribution in [0.4, 0.5) is 5.69 Å². The molecule has 0 aromatic heterocycles. The molecule has 2 aromatic rings. The van der Waals surface area contributed by atoms with Gasteiger partial charge in [0.05, 0.1) is 10.6 Å². The minimum absolute atomic E-state index is 0.0100. The van der Waals surface area contributed by atoms with E-state index in [1.54, 1.807) is 43.3 Å². The Bertz CT molecular complexity index is 997. The van der Waals surface area contributed by atoms with Crippen LogP contribution in [0.25, 0.3) is 0 Å². The van der Waals surface area contributed by atoms with Crippen molar-refractivity contribution >= 4 is 33.2 Å². The minimum atomic E-state index is -3.97. The third-order valence-electron chi connectivity index (χ3n) is 4.51. The number of benzene rings is 2. The average molecular weight is 451 g/mol. The summed E-state index contributed by atoms with van der Waals surface area (Å²) in [6, 6.07) is 13.1. The molecular formula is C23H31ClN2O3S. The zero-order valence-corrected chi connectivity index (χ0v) is 20.1. The topological polar surface area (TPSA) is 66.5 Å². The zero-order valence-electron chi connectivity index (χ0n) is 18.5. The summed E-state index contributed by atoms with van der Waals surface area (Å²) in [4.78, 5) is 13.1. The third-order valence-corrected chi connectivity index (χ3v) is 6.52. The number of aryl methyl sites for hydroxylation is 1. The Hall–Kier alpha value is -2.05. The Kier molecular flexibility index (Phi) is 7.25. The Morgan fingerprint density at radius 1 is 1.03 bits per heavy atom. The normalized spacial score (nSPS) is 12.5. The van der Waals surface area contributed by atoms with Gasteiger partial charge in [0.2, 0.25) is 5.91 Å². The largest absolute Gasteiger partial charge is 0.350 e. The monoisotopic (exact) mass is 450 g/mol. The van der Waals surface area contributed by atoms with E-state index in [-0.39, 0.29) is 22.8 Å². The summed E-state index contributed by atoms with van der Waals surface area (Å²) in [6.45, 7) is 11.6. The van der Waals surface area contributed by atoms with Crippen LogP contribution >= 0.6 is 11.6 Å². The first kappa shape index (κ1) is 24.2. The molecule has 0 atom stereocenters. The number of nitrogens with one attached hydrogen (secondary N) is 1. The molecule has 1 amide bonds. The van der Waals surface area contributed by atoms with Gasteiger partial charge >= 0.3 is 0 Å². The fraction of sp³-hybridized carbons (Fsp3) is 0.435. The zero-order chi connectivity index (χ0) is 22.7. The molecule has 0 spiro atoms. The number of anilines is 1. The lowest BCUT2D eigenvalue weighted by Gasteiger charge is -2.34. The molecule has 0 radical (unpaired) electrons. The molecule has 0 aliphatic rings. The highest BCUT2D eigenvalue weighted by atomic mass is 35.5. The van der Waals surface area contributed by atoms with Crippen molar-refractivity contribution in [2.24, 2.45) is 5.41 Å². The number of hydrogen-bond donors (Lipinski definition) is 1. The highest BCUT2D eigenvalue weighted by Crippen LogP contribution is 2.30. The number of sulfonamides is 1. The van der Waals surface area contributed by atoms with Crippen LogP contribution in [0.3, 0.4) is 0 Å². The molecule has 0 aliphatic heterocycles. The number of halogens is 1. The van der Waals surface area contributed by atoms with E-state index in [1.807, 2.05) is 13.8 Å². The van der Waals surface area contributed by atoms with Crippen molar-refractivity contribution in [2.75, 3.05) is 10.8 Å². The maximum absolute atomic E-state index is 13.4. The van der Waals surface area contributed by atoms with Crippen molar-refractivity contribution in [3.63, 3.8) is 0 Å². The van der Waals surface area contributed by atoms with E-state index >= 15 is 0 Å². The SMILES string of the molecule is Cc1ccc(Cl)cc1N(CC(=O)NC(C)(C)CC(C)(C)C)S(=O)(=O)c1ccccc1. The van der Waals surface area contributed by atoms with Crippen molar-refractivity contribution < 1.29 is 13.2 Å². The fourth-order valence-corrected chi connectivity index (χ4v) is 5.45. The van der Waals surface area contributed by atoms with E-state index in [9.17, 15) is 13.2 Å². The fourth-order valence-electron chi connectivity index (χ4n) is 3.79. The van der Waals surface area contributed by atoms with Crippen LogP contribution in [0.5, 0.6) is 0 Å². The van der Waals surface area contributed by atoms with Crippen LogP contribution < -0.4 is 9.62 Å². The second-order valence-corrected chi connectivity index (χ2v) is 11.7. The first-order valence-electron chi connectivity index (χ1n) is 9.86.